The molecule has 0 bridgehead atoms. The molecule has 172 valence electrons. The van der Waals surface area contributed by atoms with Gasteiger partial charge in [-0.15, -0.1) is 0 Å². The number of benzene rings is 2. The number of amides is 3. The number of carbonyl (C=O) groups excluding carboxylic acids is 3. The molecule has 7 heteroatoms. The maximum atomic E-state index is 13.0. The van der Waals surface area contributed by atoms with Crippen LogP contribution in [0.2, 0.25) is 0 Å². The topological polar surface area (TPSA) is 95.7 Å². The van der Waals surface area contributed by atoms with Gasteiger partial charge < -0.3 is 20.9 Å². The standard InChI is InChI=1S/C26H30N4O3/c27-26(11-2-12-26)25(33)30-15-13-29(14-16-30)24(32)19-7-5-18(6-8-19)20-3-1-4-21(17-20)23(31)28-22-9-10-22/h1,3-8,17,22H,2,9-16,27H2,(H,28,31). The van der Waals surface area contributed by atoms with E-state index < -0.39 is 5.54 Å². The lowest BCUT2D eigenvalue weighted by atomic mass is 9.76. The van der Waals surface area contributed by atoms with Gasteiger partial charge in [0, 0.05) is 43.3 Å². The summed E-state index contributed by atoms with van der Waals surface area (Å²) in [6, 6.07) is 15.4. The largest absolute Gasteiger partial charge is 0.349 e. The Kier molecular flexibility index (Phi) is 5.66. The van der Waals surface area contributed by atoms with Crippen molar-refractivity contribution in [3.63, 3.8) is 0 Å². The first kappa shape index (κ1) is 21.6. The third kappa shape index (κ3) is 4.50. The van der Waals surface area contributed by atoms with E-state index in [4.69, 9.17) is 5.73 Å². The highest BCUT2D eigenvalue weighted by Gasteiger charge is 2.43. The van der Waals surface area contributed by atoms with Crippen molar-refractivity contribution in [2.24, 2.45) is 5.73 Å². The predicted octanol–water partition coefficient (Wildman–Crippen LogP) is 2.41. The van der Waals surface area contributed by atoms with Crippen molar-refractivity contribution in [2.75, 3.05) is 26.2 Å². The minimum Gasteiger partial charge on any atom is -0.349 e. The van der Waals surface area contributed by atoms with Crippen molar-refractivity contribution < 1.29 is 14.4 Å². The minimum atomic E-state index is -0.683. The Hall–Kier alpha value is -3.19. The zero-order valence-electron chi connectivity index (χ0n) is 18.8. The van der Waals surface area contributed by atoms with Crippen LogP contribution in [0.5, 0.6) is 0 Å². The first-order chi connectivity index (χ1) is 15.9. The summed E-state index contributed by atoms with van der Waals surface area (Å²) in [5, 5.41) is 3.01. The fourth-order valence-electron chi connectivity index (χ4n) is 4.52. The number of nitrogens with zero attached hydrogens (tertiary/aromatic N) is 2. The van der Waals surface area contributed by atoms with Crippen LogP contribution in [0, 0.1) is 0 Å². The van der Waals surface area contributed by atoms with Gasteiger partial charge in [0.2, 0.25) is 5.91 Å². The third-order valence-corrected chi connectivity index (χ3v) is 7.03. The maximum absolute atomic E-state index is 13.0. The van der Waals surface area contributed by atoms with Crippen molar-refractivity contribution in [1.29, 1.82) is 0 Å². The second-order valence-corrected chi connectivity index (χ2v) is 9.50. The summed E-state index contributed by atoms with van der Waals surface area (Å²) in [4.78, 5) is 41.5. The lowest BCUT2D eigenvalue weighted by Gasteiger charge is -2.43. The van der Waals surface area contributed by atoms with Crippen LogP contribution in [0.1, 0.15) is 52.8 Å². The lowest BCUT2D eigenvalue weighted by molar-refractivity contribution is -0.141. The number of hydrogen-bond donors (Lipinski definition) is 2. The van der Waals surface area contributed by atoms with E-state index >= 15 is 0 Å². The van der Waals surface area contributed by atoms with E-state index in [0.29, 0.717) is 43.3 Å². The molecule has 2 saturated carbocycles. The van der Waals surface area contributed by atoms with Gasteiger partial charge in [0.05, 0.1) is 5.54 Å². The minimum absolute atomic E-state index is 0.0262. The van der Waals surface area contributed by atoms with E-state index in [2.05, 4.69) is 5.32 Å². The molecular weight excluding hydrogens is 416 g/mol. The van der Waals surface area contributed by atoms with Crippen molar-refractivity contribution in [2.45, 2.75) is 43.7 Å². The quantitative estimate of drug-likeness (QED) is 0.737. The number of nitrogens with two attached hydrogens (primary N) is 1. The van der Waals surface area contributed by atoms with Crippen molar-refractivity contribution in [3.05, 3.63) is 59.7 Å². The van der Waals surface area contributed by atoms with Crippen molar-refractivity contribution in [3.8, 4) is 11.1 Å². The molecule has 1 saturated heterocycles. The molecule has 2 aromatic carbocycles. The maximum Gasteiger partial charge on any atom is 0.253 e. The average Bonchev–Trinajstić information content (AvgIpc) is 3.66. The summed E-state index contributed by atoms with van der Waals surface area (Å²) in [5.41, 5.74) is 8.66. The van der Waals surface area contributed by atoms with Crippen molar-refractivity contribution in [1.82, 2.24) is 15.1 Å². The van der Waals surface area contributed by atoms with Gasteiger partial charge in [0.15, 0.2) is 0 Å². The highest BCUT2D eigenvalue weighted by Crippen LogP contribution is 2.31. The summed E-state index contributed by atoms with van der Waals surface area (Å²) < 4.78 is 0. The van der Waals surface area contributed by atoms with Gasteiger partial charge in [-0.2, -0.15) is 0 Å². The number of nitrogens with one attached hydrogen (secondary N) is 1. The number of hydrogen-bond acceptors (Lipinski definition) is 4. The SMILES string of the molecule is NC1(C(=O)N2CCN(C(=O)c3ccc(-c4cccc(C(=O)NC5CC5)c4)cc3)CC2)CCC1. The van der Waals surface area contributed by atoms with Crippen LogP contribution in [0.15, 0.2) is 48.5 Å². The molecule has 3 N–H and O–H groups in total. The Morgan fingerprint density at radius 3 is 2.12 bits per heavy atom. The van der Waals surface area contributed by atoms with Crippen LogP contribution in [0.4, 0.5) is 0 Å². The van der Waals surface area contributed by atoms with E-state index in [1.54, 1.807) is 9.80 Å². The fourth-order valence-corrected chi connectivity index (χ4v) is 4.52. The summed E-state index contributed by atoms with van der Waals surface area (Å²) in [5.74, 6) is -0.0443. The highest BCUT2D eigenvalue weighted by molar-refractivity contribution is 5.97. The van der Waals surface area contributed by atoms with E-state index in [1.165, 1.54) is 0 Å². The molecule has 0 radical (unpaired) electrons. The molecular formula is C26H30N4O3. The summed E-state index contributed by atoms with van der Waals surface area (Å²) in [7, 11) is 0. The molecule has 2 aromatic rings. The number of carbonyl (C=O) groups is 3. The van der Waals surface area contributed by atoms with Crippen LogP contribution >= 0.6 is 0 Å². The average molecular weight is 447 g/mol. The predicted molar refractivity (Wildman–Crippen MR) is 126 cm³/mol. The van der Waals surface area contributed by atoms with Crippen LogP contribution in [0.25, 0.3) is 11.1 Å². The molecule has 0 spiro atoms. The third-order valence-electron chi connectivity index (χ3n) is 7.03. The number of rotatable bonds is 5. The molecule has 7 nitrogen and oxygen atoms in total. The molecule has 5 rings (SSSR count). The Morgan fingerprint density at radius 1 is 0.848 bits per heavy atom. The molecule has 0 atom stereocenters. The van der Waals surface area contributed by atoms with Gasteiger partial charge in [-0.3, -0.25) is 14.4 Å². The van der Waals surface area contributed by atoms with Crippen LogP contribution in [-0.2, 0) is 4.79 Å². The van der Waals surface area contributed by atoms with Gasteiger partial charge >= 0.3 is 0 Å². The Labute approximate surface area is 193 Å². The molecule has 33 heavy (non-hydrogen) atoms. The molecule has 1 aliphatic heterocycles. The monoisotopic (exact) mass is 446 g/mol. The normalized spacial score (nSPS) is 19.5. The van der Waals surface area contributed by atoms with Gasteiger partial charge in [0.1, 0.15) is 0 Å². The fraction of sp³-hybridized carbons (Fsp3) is 0.423. The Morgan fingerprint density at radius 2 is 1.52 bits per heavy atom. The molecule has 1 heterocycles. The summed E-state index contributed by atoms with van der Waals surface area (Å²) >= 11 is 0. The zero-order valence-corrected chi connectivity index (χ0v) is 18.8. The van der Waals surface area contributed by atoms with E-state index in [0.717, 1.165) is 43.2 Å². The molecule has 2 aliphatic carbocycles. The van der Waals surface area contributed by atoms with Gasteiger partial charge in [0.25, 0.3) is 11.8 Å². The molecule has 0 unspecified atom stereocenters. The first-order valence-electron chi connectivity index (χ1n) is 11.8. The molecule has 3 fully saturated rings. The van der Waals surface area contributed by atoms with Crippen LogP contribution in [-0.4, -0.2) is 65.3 Å². The van der Waals surface area contributed by atoms with E-state index in [1.807, 2.05) is 48.5 Å². The second kappa shape index (κ2) is 8.63. The smallest absolute Gasteiger partial charge is 0.253 e. The first-order valence-corrected chi connectivity index (χ1v) is 11.8. The lowest BCUT2D eigenvalue weighted by Crippen LogP contribution is -2.62. The van der Waals surface area contributed by atoms with Crippen LogP contribution in [0.3, 0.4) is 0 Å². The molecule has 3 aliphatic rings. The number of piperazine rings is 1. The summed E-state index contributed by atoms with van der Waals surface area (Å²) in [6.45, 7) is 2.08. The highest BCUT2D eigenvalue weighted by atomic mass is 16.2. The Bertz CT molecular complexity index is 1070. The van der Waals surface area contributed by atoms with Gasteiger partial charge in [-0.25, -0.2) is 0 Å². The van der Waals surface area contributed by atoms with Crippen LogP contribution < -0.4 is 11.1 Å². The van der Waals surface area contributed by atoms with Gasteiger partial charge in [-0.05, 0) is 67.5 Å². The second-order valence-electron chi connectivity index (χ2n) is 9.50. The molecule has 0 aromatic heterocycles. The van der Waals surface area contributed by atoms with Gasteiger partial charge in [-0.1, -0.05) is 24.3 Å². The van der Waals surface area contributed by atoms with E-state index in [9.17, 15) is 14.4 Å². The summed E-state index contributed by atoms with van der Waals surface area (Å²) in [6.07, 6.45) is 4.63. The van der Waals surface area contributed by atoms with Crippen molar-refractivity contribution >= 4 is 17.7 Å². The molecule has 3 amide bonds. The van der Waals surface area contributed by atoms with E-state index in [-0.39, 0.29) is 17.7 Å². The zero-order chi connectivity index (χ0) is 23.0. The Balaban J connectivity index is 1.20.